The van der Waals surface area contributed by atoms with Crippen molar-refractivity contribution in [3.05, 3.63) is 71.0 Å². The first-order valence-electron chi connectivity index (χ1n) is 9.27. The van der Waals surface area contributed by atoms with E-state index in [1.165, 1.54) is 24.7 Å². The van der Waals surface area contributed by atoms with E-state index >= 15 is 0 Å². The van der Waals surface area contributed by atoms with Crippen LogP contribution in [0.1, 0.15) is 11.3 Å². The fourth-order valence-corrected chi connectivity index (χ4v) is 2.99. The van der Waals surface area contributed by atoms with Gasteiger partial charge in [0.1, 0.15) is 17.2 Å². The lowest BCUT2D eigenvalue weighted by Crippen LogP contribution is -2.12. The topological polar surface area (TPSA) is 85.7 Å². The van der Waals surface area contributed by atoms with Crippen molar-refractivity contribution >= 4 is 28.6 Å². The Labute approximate surface area is 187 Å². The number of anilines is 1. The molecule has 0 unspecified atom stereocenters. The van der Waals surface area contributed by atoms with Gasteiger partial charge in [0, 0.05) is 6.54 Å². The lowest BCUT2D eigenvalue weighted by atomic mass is 10.1. The molecule has 0 bridgehead atoms. The van der Waals surface area contributed by atoms with Crippen LogP contribution >= 0.6 is 11.6 Å². The molecule has 3 heterocycles. The van der Waals surface area contributed by atoms with Gasteiger partial charge in [-0.2, -0.15) is 13.2 Å². The first-order chi connectivity index (χ1) is 15.7. The summed E-state index contributed by atoms with van der Waals surface area (Å²) in [6, 6.07) is 5.97. The van der Waals surface area contributed by atoms with E-state index in [1.807, 2.05) is 0 Å². The molecule has 4 aromatic rings. The molecule has 0 aliphatic carbocycles. The summed E-state index contributed by atoms with van der Waals surface area (Å²) >= 11 is 5.87. The zero-order valence-corrected chi connectivity index (χ0v) is 17.1. The second-order valence-corrected chi connectivity index (χ2v) is 6.99. The highest BCUT2D eigenvalue weighted by molar-refractivity contribution is 6.29. The summed E-state index contributed by atoms with van der Waals surface area (Å²) in [6.45, 7) is 0.434. The van der Waals surface area contributed by atoms with Gasteiger partial charge in [0.25, 0.3) is 0 Å². The smallest absolute Gasteiger partial charge is 0.436 e. The Hall–Kier alpha value is -3.67. The fraction of sp³-hybridized carbons (Fsp3) is 0.150. The molecular formula is C20H12ClF5N6O. The van der Waals surface area contributed by atoms with Crippen molar-refractivity contribution in [2.45, 2.75) is 12.6 Å². The van der Waals surface area contributed by atoms with Crippen molar-refractivity contribution in [2.24, 2.45) is 0 Å². The van der Waals surface area contributed by atoms with E-state index in [0.717, 1.165) is 5.56 Å². The molecule has 0 aliphatic rings. The molecule has 3 aromatic heterocycles. The van der Waals surface area contributed by atoms with E-state index in [0.29, 0.717) is 29.9 Å². The van der Waals surface area contributed by atoms with Crippen molar-refractivity contribution < 1.29 is 26.7 Å². The van der Waals surface area contributed by atoms with E-state index in [1.54, 1.807) is 12.1 Å². The van der Waals surface area contributed by atoms with Gasteiger partial charge >= 0.3 is 6.18 Å². The first-order valence-corrected chi connectivity index (χ1v) is 9.65. The molecule has 0 fully saturated rings. The number of pyridine rings is 1. The average molecular weight is 483 g/mol. The van der Waals surface area contributed by atoms with Crippen LogP contribution < -0.4 is 10.1 Å². The molecule has 13 heteroatoms. The maximum atomic E-state index is 14.1. The van der Waals surface area contributed by atoms with Crippen molar-refractivity contribution in [3.8, 4) is 11.5 Å². The lowest BCUT2D eigenvalue weighted by Gasteiger charge is -2.12. The SMILES string of the molecule is Fc1cnc(C(F)(F)F)c(F)c1Oc1ccc(CCNc2ncnc3ncc(Cl)nc23)cc1. The number of ether oxygens (including phenoxy) is 1. The standard InChI is InChI=1S/C20H12ClF5N6O/c21-13-8-29-19-15(32-13)18(30-9-31-19)27-6-5-10-1-3-11(4-2-10)33-16-12(22)7-28-17(14(16)23)20(24,25)26/h1-4,7-9H,5-6H2,(H,27,29,30,31). The van der Waals surface area contributed by atoms with Crippen LogP contribution in [0, 0.1) is 11.6 Å². The minimum absolute atomic E-state index is 0.0458. The molecule has 0 amide bonds. The Kier molecular flexibility index (Phi) is 6.18. The minimum atomic E-state index is -5.08. The molecule has 1 aromatic carbocycles. The van der Waals surface area contributed by atoms with Gasteiger partial charge in [-0.1, -0.05) is 23.7 Å². The number of nitrogens with zero attached hydrogens (tertiary/aromatic N) is 5. The van der Waals surface area contributed by atoms with Gasteiger partial charge in [-0.3, -0.25) is 0 Å². The van der Waals surface area contributed by atoms with Gasteiger partial charge in [-0.25, -0.2) is 33.7 Å². The van der Waals surface area contributed by atoms with Crippen LogP contribution in [0.4, 0.5) is 27.8 Å². The zero-order valence-electron chi connectivity index (χ0n) is 16.4. The van der Waals surface area contributed by atoms with Gasteiger partial charge in [0.05, 0.1) is 12.4 Å². The molecule has 0 saturated heterocycles. The highest BCUT2D eigenvalue weighted by Crippen LogP contribution is 2.36. The number of aromatic nitrogens is 5. The summed E-state index contributed by atoms with van der Waals surface area (Å²) < 4.78 is 71.3. The minimum Gasteiger partial charge on any atom is -0.451 e. The number of nitrogens with one attached hydrogen (secondary N) is 1. The highest BCUT2D eigenvalue weighted by Gasteiger charge is 2.38. The first kappa shape index (κ1) is 22.5. The van der Waals surface area contributed by atoms with Gasteiger partial charge in [0.15, 0.2) is 34.3 Å². The molecule has 33 heavy (non-hydrogen) atoms. The number of hydrogen-bond acceptors (Lipinski definition) is 7. The molecule has 0 spiro atoms. The second kappa shape index (κ2) is 9.06. The Morgan fingerprint density at radius 3 is 2.45 bits per heavy atom. The monoisotopic (exact) mass is 482 g/mol. The summed E-state index contributed by atoms with van der Waals surface area (Å²) in [7, 11) is 0. The fourth-order valence-electron chi connectivity index (χ4n) is 2.85. The molecular weight excluding hydrogens is 471 g/mol. The largest absolute Gasteiger partial charge is 0.451 e. The van der Waals surface area contributed by atoms with Crippen LogP contribution in [0.25, 0.3) is 11.2 Å². The van der Waals surface area contributed by atoms with Gasteiger partial charge in [0.2, 0.25) is 5.75 Å². The van der Waals surface area contributed by atoms with Crippen LogP contribution in [0.5, 0.6) is 11.5 Å². The molecule has 0 aliphatic heterocycles. The normalized spacial score (nSPS) is 11.6. The molecule has 0 saturated carbocycles. The highest BCUT2D eigenvalue weighted by atomic mass is 35.5. The molecule has 1 N–H and O–H groups in total. The molecule has 0 radical (unpaired) electrons. The summed E-state index contributed by atoms with van der Waals surface area (Å²) in [6.07, 6.45) is -1.61. The maximum absolute atomic E-state index is 14.1. The summed E-state index contributed by atoms with van der Waals surface area (Å²) in [5, 5.41) is 3.29. The van der Waals surface area contributed by atoms with Crippen molar-refractivity contribution in [3.63, 3.8) is 0 Å². The molecule has 0 atom stereocenters. The summed E-state index contributed by atoms with van der Waals surface area (Å²) in [5.74, 6) is -4.05. The summed E-state index contributed by atoms with van der Waals surface area (Å²) in [4.78, 5) is 19.1. The Bertz CT molecular complexity index is 1300. The van der Waals surface area contributed by atoms with Crippen LogP contribution in [-0.2, 0) is 12.6 Å². The van der Waals surface area contributed by atoms with Gasteiger partial charge < -0.3 is 10.1 Å². The van der Waals surface area contributed by atoms with E-state index in [2.05, 4.69) is 30.2 Å². The van der Waals surface area contributed by atoms with Gasteiger partial charge in [-0.15, -0.1) is 0 Å². The van der Waals surface area contributed by atoms with E-state index in [9.17, 15) is 22.0 Å². The number of hydrogen-bond donors (Lipinski definition) is 1. The molecule has 4 rings (SSSR count). The Morgan fingerprint density at radius 2 is 1.73 bits per heavy atom. The number of fused-ring (bicyclic) bond motifs is 1. The molecule has 170 valence electrons. The van der Waals surface area contributed by atoms with E-state index in [4.69, 9.17) is 16.3 Å². The van der Waals surface area contributed by atoms with Crippen LogP contribution in [0.2, 0.25) is 5.15 Å². The van der Waals surface area contributed by atoms with Crippen LogP contribution in [0.3, 0.4) is 0 Å². The number of rotatable bonds is 6. The lowest BCUT2D eigenvalue weighted by molar-refractivity contribution is -0.143. The quantitative estimate of drug-likeness (QED) is 0.377. The van der Waals surface area contributed by atoms with Crippen LogP contribution in [0.15, 0.2) is 43.0 Å². The third kappa shape index (κ3) is 5.06. The van der Waals surface area contributed by atoms with Crippen molar-refractivity contribution in [1.82, 2.24) is 24.9 Å². The maximum Gasteiger partial charge on any atom is 0.436 e. The average Bonchev–Trinajstić information content (AvgIpc) is 2.77. The molecule has 7 nitrogen and oxygen atoms in total. The van der Waals surface area contributed by atoms with Crippen LogP contribution in [-0.4, -0.2) is 31.5 Å². The van der Waals surface area contributed by atoms with Crippen molar-refractivity contribution in [1.29, 1.82) is 0 Å². The zero-order chi connectivity index (χ0) is 23.6. The van der Waals surface area contributed by atoms with Crippen molar-refractivity contribution in [2.75, 3.05) is 11.9 Å². The second-order valence-electron chi connectivity index (χ2n) is 6.61. The number of alkyl halides is 3. The summed E-state index contributed by atoms with van der Waals surface area (Å²) in [5.41, 5.74) is -0.259. The number of halogens is 6. The Balaban J connectivity index is 1.42. The third-order valence-electron chi connectivity index (χ3n) is 4.36. The predicted molar refractivity (Wildman–Crippen MR) is 108 cm³/mol. The number of benzene rings is 1. The van der Waals surface area contributed by atoms with E-state index in [-0.39, 0.29) is 17.1 Å². The Morgan fingerprint density at radius 1 is 0.970 bits per heavy atom. The van der Waals surface area contributed by atoms with E-state index < -0.39 is 29.3 Å². The third-order valence-corrected chi connectivity index (χ3v) is 4.55. The predicted octanol–water partition coefficient (Wildman–Crippen LogP) is 5.21. The van der Waals surface area contributed by atoms with Gasteiger partial charge in [-0.05, 0) is 24.1 Å².